The second-order valence-electron chi connectivity index (χ2n) is 5.75. The van der Waals surface area contributed by atoms with E-state index in [2.05, 4.69) is 10.6 Å². The predicted molar refractivity (Wildman–Crippen MR) is 75.3 cm³/mol. The summed E-state index contributed by atoms with van der Waals surface area (Å²) in [6, 6.07) is 3.66. The Bertz CT molecular complexity index is 536. The average molecular weight is 300 g/mol. The molecule has 0 atom stereocenters. The van der Waals surface area contributed by atoms with Gasteiger partial charge in [0, 0.05) is 13.1 Å². The molecule has 0 bridgehead atoms. The van der Waals surface area contributed by atoms with Crippen LogP contribution in [0, 0.1) is 5.41 Å². The van der Waals surface area contributed by atoms with Crippen molar-refractivity contribution in [3.8, 4) is 0 Å². The van der Waals surface area contributed by atoms with Crippen LogP contribution in [0.25, 0.3) is 0 Å². The number of carbonyl (C=O) groups is 1. The molecule has 0 aliphatic heterocycles. The van der Waals surface area contributed by atoms with Crippen molar-refractivity contribution >= 4 is 11.6 Å². The molecular weight excluding hydrogens is 281 g/mol. The summed E-state index contributed by atoms with van der Waals surface area (Å²) in [7, 11) is 0. The maximum atomic E-state index is 13.0. The topological polar surface area (TPSA) is 41.1 Å². The van der Waals surface area contributed by atoms with Crippen molar-refractivity contribution < 1.29 is 18.0 Å². The molecule has 116 valence electrons. The molecule has 2 N–H and O–H groups in total. The van der Waals surface area contributed by atoms with E-state index < -0.39 is 17.6 Å². The first kappa shape index (κ1) is 15.7. The van der Waals surface area contributed by atoms with Crippen LogP contribution in [0.1, 0.15) is 42.6 Å². The maximum absolute atomic E-state index is 13.0. The molecule has 1 aliphatic carbocycles. The number of nitrogens with one attached hydrogen (secondary N) is 2. The van der Waals surface area contributed by atoms with Gasteiger partial charge in [0.15, 0.2) is 0 Å². The first-order valence-electron chi connectivity index (χ1n) is 6.99. The van der Waals surface area contributed by atoms with E-state index in [4.69, 9.17) is 0 Å². The van der Waals surface area contributed by atoms with Crippen molar-refractivity contribution in [3.63, 3.8) is 0 Å². The second-order valence-corrected chi connectivity index (χ2v) is 5.75. The molecule has 1 amide bonds. The van der Waals surface area contributed by atoms with Gasteiger partial charge >= 0.3 is 6.18 Å². The number of benzene rings is 1. The SMILES string of the molecule is CCNc1c(C(=O)NCC2(C)CC2)cccc1C(F)(F)F. The van der Waals surface area contributed by atoms with Crippen LogP contribution in [0.5, 0.6) is 0 Å². The molecule has 1 aliphatic rings. The molecule has 1 saturated carbocycles. The van der Waals surface area contributed by atoms with E-state index in [0.717, 1.165) is 18.9 Å². The van der Waals surface area contributed by atoms with E-state index in [1.165, 1.54) is 12.1 Å². The van der Waals surface area contributed by atoms with Crippen LogP contribution in [0.2, 0.25) is 0 Å². The number of anilines is 1. The fourth-order valence-electron chi connectivity index (χ4n) is 2.12. The maximum Gasteiger partial charge on any atom is 0.418 e. The van der Waals surface area contributed by atoms with Crippen LogP contribution in [0.4, 0.5) is 18.9 Å². The van der Waals surface area contributed by atoms with Crippen LogP contribution < -0.4 is 10.6 Å². The van der Waals surface area contributed by atoms with Gasteiger partial charge in [0.2, 0.25) is 0 Å². The highest BCUT2D eigenvalue weighted by molar-refractivity contribution is 6.00. The number of carbonyl (C=O) groups excluding carboxylic acids is 1. The zero-order chi connectivity index (χ0) is 15.7. The van der Waals surface area contributed by atoms with Gasteiger partial charge in [-0.05, 0) is 37.3 Å². The van der Waals surface area contributed by atoms with Crippen molar-refractivity contribution in [2.45, 2.75) is 32.9 Å². The Labute approximate surface area is 121 Å². The quantitative estimate of drug-likeness (QED) is 0.871. The Hall–Kier alpha value is -1.72. The standard InChI is InChI=1S/C15H19F3N2O/c1-3-19-12-10(5-4-6-11(12)15(16,17)18)13(21)20-9-14(2)7-8-14/h4-6,19H,3,7-9H2,1-2H3,(H,20,21). The second kappa shape index (κ2) is 5.58. The summed E-state index contributed by atoms with van der Waals surface area (Å²) in [6.07, 6.45) is -2.41. The lowest BCUT2D eigenvalue weighted by Crippen LogP contribution is -2.30. The zero-order valence-corrected chi connectivity index (χ0v) is 12.1. The number of rotatable bonds is 5. The molecule has 1 fully saturated rings. The monoisotopic (exact) mass is 300 g/mol. The fraction of sp³-hybridized carbons (Fsp3) is 0.533. The van der Waals surface area contributed by atoms with Crippen molar-refractivity contribution in [3.05, 3.63) is 29.3 Å². The minimum atomic E-state index is -4.49. The minimum absolute atomic E-state index is 0.0379. The van der Waals surface area contributed by atoms with Crippen molar-refractivity contribution in [1.82, 2.24) is 5.32 Å². The fourth-order valence-corrected chi connectivity index (χ4v) is 2.12. The van der Waals surface area contributed by atoms with Crippen molar-refractivity contribution in [1.29, 1.82) is 0 Å². The lowest BCUT2D eigenvalue weighted by Gasteiger charge is -2.18. The minimum Gasteiger partial charge on any atom is -0.384 e. The summed E-state index contributed by atoms with van der Waals surface area (Å²) in [5.74, 6) is -0.467. The highest BCUT2D eigenvalue weighted by Crippen LogP contribution is 2.44. The Morgan fingerprint density at radius 3 is 2.52 bits per heavy atom. The summed E-state index contributed by atoms with van der Waals surface area (Å²) in [5.41, 5.74) is -0.813. The summed E-state index contributed by atoms with van der Waals surface area (Å²) < 4.78 is 39.1. The van der Waals surface area contributed by atoms with Crippen molar-refractivity contribution in [2.75, 3.05) is 18.4 Å². The molecule has 0 aromatic heterocycles. The van der Waals surface area contributed by atoms with Gasteiger partial charge in [0.05, 0.1) is 16.8 Å². The molecule has 0 radical (unpaired) electrons. The number of amides is 1. The van der Waals surface area contributed by atoms with Gasteiger partial charge < -0.3 is 10.6 Å². The smallest absolute Gasteiger partial charge is 0.384 e. The van der Waals surface area contributed by atoms with Crippen LogP contribution in [0.3, 0.4) is 0 Å². The molecule has 6 heteroatoms. The van der Waals surface area contributed by atoms with Crippen LogP contribution >= 0.6 is 0 Å². The Kier molecular flexibility index (Phi) is 4.16. The lowest BCUT2D eigenvalue weighted by molar-refractivity contribution is -0.137. The first-order valence-corrected chi connectivity index (χ1v) is 6.99. The molecule has 2 rings (SSSR count). The van der Waals surface area contributed by atoms with Crippen LogP contribution in [0.15, 0.2) is 18.2 Å². The molecule has 3 nitrogen and oxygen atoms in total. The Morgan fingerprint density at radius 2 is 2.00 bits per heavy atom. The third-order valence-electron chi connectivity index (χ3n) is 3.75. The van der Waals surface area contributed by atoms with Gasteiger partial charge in [-0.3, -0.25) is 4.79 Å². The number of alkyl halides is 3. The molecule has 0 spiro atoms. The number of hydrogen-bond donors (Lipinski definition) is 2. The highest BCUT2D eigenvalue weighted by atomic mass is 19.4. The Balaban J connectivity index is 2.26. The van der Waals surface area contributed by atoms with Gasteiger partial charge in [0.25, 0.3) is 5.91 Å². The van der Waals surface area contributed by atoms with Crippen molar-refractivity contribution in [2.24, 2.45) is 5.41 Å². The molecule has 0 heterocycles. The number of halogens is 3. The van der Waals surface area contributed by atoms with E-state index in [9.17, 15) is 18.0 Å². The van der Waals surface area contributed by atoms with Gasteiger partial charge in [-0.25, -0.2) is 0 Å². The largest absolute Gasteiger partial charge is 0.418 e. The van der Waals surface area contributed by atoms with E-state index in [1.54, 1.807) is 6.92 Å². The zero-order valence-electron chi connectivity index (χ0n) is 12.1. The summed E-state index contributed by atoms with van der Waals surface area (Å²) in [4.78, 5) is 12.2. The Morgan fingerprint density at radius 1 is 1.33 bits per heavy atom. The number of hydrogen-bond acceptors (Lipinski definition) is 2. The van der Waals surface area contributed by atoms with Gasteiger partial charge in [-0.15, -0.1) is 0 Å². The average Bonchev–Trinajstić information content (AvgIpc) is 3.14. The molecule has 1 aromatic carbocycles. The van der Waals surface area contributed by atoms with Gasteiger partial charge in [0.1, 0.15) is 0 Å². The van der Waals surface area contributed by atoms with E-state index in [0.29, 0.717) is 13.1 Å². The molecule has 0 saturated heterocycles. The van der Waals surface area contributed by atoms with Gasteiger partial charge in [-0.2, -0.15) is 13.2 Å². The molecular formula is C15H19F3N2O. The van der Waals surface area contributed by atoms with Crippen LogP contribution in [-0.4, -0.2) is 19.0 Å². The molecule has 1 aromatic rings. The highest BCUT2D eigenvalue weighted by Gasteiger charge is 2.38. The summed E-state index contributed by atoms with van der Waals surface area (Å²) in [5, 5.41) is 5.40. The molecule has 21 heavy (non-hydrogen) atoms. The molecule has 0 unspecified atom stereocenters. The summed E-state index contributed by atoms with van der Waals surface area (Å²) >= 11 is 0. The van der Waals surface area contributed by atoms with Crippen LogP contribution in [-0.2, 0) is 6.18 Å². The summed E-state index contributed by atoms with van der Waals surface area (Å²) in [6.45, 7) is 4.55. The van der Waals surface area contributed by atoms with E-state index in [-0.39, 0.29) is 16.7 Å². The third kappa shape index (κ3) is 3.68. The third-order valence-corrected chi connectivity index (χ3v) is 3.75. The normalized spacial score (nSPS) is 16.4. The predicted octanol–water partition coefficient (Wildman–Crippen LogP) is 3.67. The lowest BCUT2D eigenvalue weighted by atomic mass is 10.0. The van der Waals surface area contributed by atoms with E-state index >= 15 is 0 Å². The number of para-hydroxylation sites is 1. The van der Waals surface area contributed by atoms with Gasteiger partial charge in [-0.1, -0.05) is 13.0 Å². The van der Waals surface area contributed by atoms with E-state index in [1.807, 2.05) is 6.92 Å². The first-order chi connectivity index (χ1) is 9.77.